The molecule has 2 heterocycles. The predicted molar refractivity (Wildman–Crippen MR) is 51.4 cm³/mol. The van der Waals surface area contributed by atoms with Gasteiger partial charge in [0.25, 0.3) is 0 Å². The molecule has 0 aromatic carbocycles. The highest BCUT2D eigenvalue weighted by Crippen LogP contribution is 2.35. The number of hydrogen-bond donors (Lipinski definition) is 0. The molecule has 0 fully saturated rings. The van der Waals surface area contributed by atoms with Gasteiger partial charge in [0, 0.05) is 25.6 Å². The number of alkyl halides is 3. The van der Waals surface area contributed by atoms with Gasteiger partial charge in [-0.2, -0.15) is 18.3 Å². The molecule has 15 heavy (non-hydrogen) atoms. The van der Waals surface area contributed by atoms with Crippen molar-refractivity contribution in [1.29, 1.82) is 0 Å². The molecule has 0 aliphatic carbocycles. The van der Waals surface area contributed by atoms with E-state index in [2.05, 4.69) is 10.1 Å². The summed E-state index contributed by atoms with van der Waals surface area (Å²) in [6.07, 6.45) is -3.15. The fourth-order valence-electron chi connectivity index (χ4n) is 1.37. The lowest BCUT2D eigenvalue weighted by molar-refractivity contribution is -0.141. The average Bonchev–Trinajstić information content (AvgIpc) is 2.37. The molecule has 1 aromatic rings. The first-order chi connectivity index (χ1) is 7.00. The first-order valence-electron chi connectivity index (χ1n) is 4.27. The molecule has 0 atom stereocenters. The van der Waals surface area contributed by atoms with Crippen molar-refractivity contribution in [3.05, 3.63) is 11.3 Å². The van der Waals surface area contributed by atoms with E-state index in [1.54, 1.807) is 0 Å². The van der Waals surface area contributed by atoms with Gasteiger partial charge in [-0.05, 0) is 0 Å². The van der Waals surface area contributed by atoms with Crippen LogP contribution in [0.2, 0.25) is 0 Å². The predicted octanol–water partition coefficient (Wildman–Crippen LogP) is 1.96. The molecule has 0 saturated carbocycles. The lowest BCUT2D eigenvalue weighted by Crippen LogP contribution is -2.09. The van der Waals surface area contributed by atoms with Gasteiger partial charge < -0.3 is 0 Å². The quantitative estimate of drug-likeness (QED) is 0.688. The third-order valence-electron chi connectivity index (χ3n) is 1.98. The Morgan fingerprint density at radius 3 is 2.87 bits per heavy atom. The van der Waals surface area contributed by atoms with E-state index in [4.69, 9.17) is 0 Å². The second-order valence-corrected chi connectivity index (χ2v) is 4.16. The largest absolute Gasteiger partial charge is 0.435 e. The standard InChI is InChI=1S/C8H8F3N3S/c1-14-7-5(4-12-2-3-15-7)6(13-14)8(9,10)11/h4H,2-3H2,1H3. The van der Waals surface area contributed by atoms with Gasteiger partial charge >= 0.3 is 6.18 Å². The van der Waals surface area contributed by atoms with Crippen molar-refractivity contribution in [3.63, 3.8) is 0 Å². The number of hydrogen-bond acceptors (Lipinski definition) is 3. The van der Waals surface area contributed by atoms with Crippen molar-refractivity contribution in [2.75, 3.05) is 12.3 Å². The molecule has 1 aliphatic rings. The Balaban J connectivity index is 2.58. The number of aryl methyl sites for hydroxylation is 1. The Morgan fingerprint density at radius 1 is 1.47 bits per heavy atom. The molecule has 0 unspecified atom stereocenters. The minimum atomic E-state index is -4.41. The molecule has 0 N–H and O–H groups in total. The second kappa shape index (κ2) is 3.55. The van der Waals surface area contributed by atoms with Crippen LogP contribution in [-0.4, -0.2) is 28.3 Å². The highest BCUT2D eigenvalue weighted by molar-refractivity contribution is 7.99. The van der Waals surface area contributed by atoms with E-state index in [1.165, 1.54) is 29.7 Å². The molecule has 82 valence electrons. The summed E-state index contributed by atoms with van der Waals surface area (Å²) in [6.45, 7) is 0.538. The van der Waals surface area contributed by atoms with E-state index < -0.39 is 11.9 Å². The summed E-state index contributed by atoms with van der Waals surface area (Å²) in [5.74, 6) is 0.681. The number of aromatic nitrogens is 2. The van der Waals surface area contributed by atoms with Crippen LogP contribution in [0.3, 0.4) is 0 Å². The summed E-state index contributed by atoms with van der Waals surface area (Å²) in [5.41, 5.74) is -0.759. The topological polar surface area (TPSA) is 30.2 Å². The Hall–Kier alpha value is -0.980. The summed E-state index contributed by atoms with van der Waals surface area (Å²) in [6, 6.07) is 0. The van der Waals surface area contributed by atoms with Gasteiger partial charge in [-0.1, -0.05) is 0 Å². The van der Waals surface area contributed by atoms with Crippen LogP contribution in [0.15, 0.2) is 10.0 Å². The van der Waals surface area contributed by atoms with Crippen molar-refractivity contribution < 1.29 is 13.2 Å². The van der Waals surface area contributed by atoms with Gasteiger partial charge in [-0.3, -0.25) is 9.67 Å². The number of nitrogens with zero attached hydrogens (tertiary/aromatic N) is 3. The van der Waals surface area contributed by atoms with Crippen LogP contribution in [0.25, 0.3) is 0 Å². The summed E-state index contributed by atoms with van der Waals surface area (Å²) in [4.78, 5) is 3.90. The van der Waals surface area contributed by atoms with E-state index in [0.717, 1.165) is 0 Å². The molecule has 1 aromatic heterocycles. The zero-order valence-corrected chi connectivity index (χ0v) is 8.69. The molecular weight excluding hydrogens is 227 g/mol. The number of aliphatic imine (C=N–C) groups is 1. The van der Waals surface area contributed by atoms with Crippen molar-refractivity contribution >= 4 is 18.0 Å². The fourth-order valence-corrected chi connectivity index (χ4v) is 2.30. The third kappa shape index (κ3) is 1.88. The lowest BCUT2D eigenvalue weighted by atomic mass is 10.2. The van der Waals surface area contributed by atoms with E-state index in [1.807, 2.05) is 0 Å². The van der Waals surface area contributed by atoms with Crippen molar-refractivity contribution in [3.8, 4) is 0 Å². The van der Waals surface area contributed by atoms with Gasteiger partial charge in [0.1, 0.15) is 5.03 Å². The van der Waals surface area contributed by atoms with E-state index in [-0.39, 0.29) is 5.56 Å². The molecule has 7 heteroatoms. The summed E-state index contributed by atoms with van der Waals surface area (Å²) >= 11 is 1.35. The fraction of sp³-hybridized carbons (Fsp3) is 0.500. The summed E-state index contributed by atoms with van der Waals surface area (Å²) in [5, 5.41) is 4.02. The maximum Gasteiger partial charge on any atom is 0.435 e. The molecule has 2 rings (SSSR count). The molecule has 0 amide bonds. The highest BCUT2D eigenvalue weighted by atomic mass is 32.2. The van der Waals surface area contributed by atoms with E-state index in [0.29, 0.717) is 17.3 Å². The van der Waals surface area contributed by atoms with Crippen LogP contribution < -0.4 is 0 Å². The molecule has 0 spiro atoms. The minimum absolute atomic E-state index is 0.0903. The van der Waals surface area contributed by atoms with E-state index >= 15 is 0 Å². The van der Waals surface area contributed by atoms with Crippen molar-refractivity contribution in [2.45, 2.75) is 11.2 Å². The maximum atomic E-state index is 12.6. The SMILES string of the molecule is Cn1nc(C(F)(F)F)c2c1SCCN=C2. The smallest absolute Gasteiger partial charge is 0.292 e. The zero-order valence-electron chi connectivity index (χ0n) is 7.88. The first kappa shape index (κ1) is 10.5. The normalized spacial score (nSPS) is 16.3. The minimum Gasteiger partial charge on any atom is -0.292 e. The Labute approximate surface area is 88.4 Å². The van der Waals surface area contributed by atoms with Gasteiger partial charge in [-0.25, -0.2) is 0 Å². The van der Waals surface area contributed by atoms with Gasteiger partial charge in [-0.15, -0.1) is 11.8 Å². The lowest BCUT2D eigenvalue weighted by Gasteiger charge is -2.02. The molecule has 1 aliphatic heterocycles. The van der Waals surface area contributed by atoms with Crippen LogP contribution in [0, 0.1) is 0 Å². The number of fused-ring (bicyclic) bond motifs is 1. The highest BCUT2D eigenvalue weighted by Gasteiger charge is 2.38. The molecule has 0 bridgehead atoms. The molecule has 0 radical (unpaired) electrons. The van der Waals surface area contributed by atoms with E-state index in [9.17, 15) is 13.2 Å². The number of halogens is 3. The first-order valence-corrected chi connectivity index (χ1v) is 5.25. The van der Waals surface area contributed by atoms with Crippen molar-refractivity contribution in [1.82, 2.24) is 9.78 Å². The van der Waals surface area contributed by atoms with Crippen LogP contribution in [0.5, 0.6) is 0 Å². The Kier molecular flexibility index (Phi) is 2.49. The molecular formula is C8H8F3N3S. The summed E-state index contributed by atoms with van der Waals surface area (Å²) in [7, 11) is 1.51. The number of thioether (sulfide) groups is 1. The Morgan fingerprint density at radius 2 is 2.20 bits per heavy atom. The van der Waals surface area contributed by atoms with Gasteiger partial charge in [0.15, 0.2) is 5.69 Å². The zero-order chi connectivity index (χ0) is 11.1. The third-order valence-corrected chi connectivity index (χ3v) is 3.12. The average molecular weight is 235 g/mol. The van der Waals surface area contributed by atoms with Crippen LogP contribution in [0.1, 0.15) is 11.3 Å². The van der Waals surface area contributed by atoms with Gasteiger partial charge in [0.2, 0.25) is 0 Å². The monoisotopic (exact) mass is 235 g/mol. The number of rotatable bonds is 0. The Bertz CT molecular complexity index is 408. The molecule has 0 saturated heterocycles. The van der Waals surface area contributed by atoms with Crippen LogP contribution >= 0.6 is 11.8 Å². The van der Waals surface area contributed by atoms with Crippen LogP contribution in [-0.2, 0) is 13.2 Å². The molecule has 3 nitrogen and oxygen atoms in total. The van der Waals surface area contributed by atoms with Crippen molar-refractivity contribution in [2.24, 2.45) is 12.0 Å². The summed E-state index contributed by atoms with van der Waals surface area (Å²) < 4.78 is 39.0. The maximum absolute atomic E-state index is 12.6. The van der Waals surface area contributed by atoms with Gasteiger partial charge in [0.05, 0.1) is 5.56 Å². The van der Waals surface area contributed by atoms with Crippen LogP contribution in [0.4, 0.5) is 13.2 Å². The second-order valence-electron chi connectivity index (χ2n) is 3.07.